The maximum atomic E-state index is 13.3. The van der Waals surface area contributed by atoms with E-state index in [4.69, 9.17) is 21.1 Å². The molecule has 2 aliphatic heterocycles. The molecule has 2 bridgehead atoms. The Kier molecular flexibility index (Phi) is 13.4. The Morgan fingerprint density at radius 3 is 2.57 bits per heavy atom. The van der Waals surface area contributed by atoms with Gasteiger partial charge in [0.2, 0.25) is 0 Å². The van der Waals surface area contributed by atoms with Crippen molar-refractivity contribution < 1.29 is 18.5 Å². The first-order valence-electron chi connectivity index (χ1n) is 16.9. The molecular weight excluding hydrogens is 616 g/mol. The van der Waals surface area contributed by atoms with E-state index in [-0.39, 0.29) is 29.1 Å². The summed E-state index contributed by atoms with van der Waals surface area (Å²) < 4.78 is 28.3. The first kappa shape index (κ1) is 36.2. The van der Waals surface area contributed by atoms with Crippen LogP contribution in [0.5, 0.6) is 5.75 Å². The third-order valence-corrected chi connectivity index (χ3v) is 11.7. The van der Waals surface area contributed by atoms with Gasteiger partial charge in [0.25, 0.3) is 5.91 Å². The highest BCUT2D eigenvalue weighted by atomic mass is 35.5. The zero-order valence-corrected chi connectivity index (χ0v) is 30.1. The van der Waals surface area contributed by atoms with Gasteiger partial charge in [-0.3, -0.25) is 9.52 Å². The number of aryl methyl sites for hydroxylation is 1. The van der Waals surface area contributed by atoms with E-state index in [0.29, 0.717) is 24.0 Å². The number of rotatable bonds is 5. The number of carbonyl (C=O) groups excluding carboxylic acids is 1. The molecule has 0 radical (unpaired) electrons. The average Bonchev–Trinajstić information content (AvgIpc) is 3.21. The van der Waals surface area contributed by atoms with Gasteiger partial charge in [-0.05, 0) is 105 Å². The SMILES string of the molecule is C=C(C)CC.CCCc1cc(Cl)ccc1C1COc2ccc3cc2N(C1)CC1CCC1C(OC)/C=C/CC(C)C(C)S(=O)NC3=O. The van der Waals surface area contributed by atoms with Crippen molar-refractivity contribution in [3.8, 4) is 5.75 Å². The molecule has 0 saturated heterocycles. The molecule has 7 atom stereocenters. The summed E-state index contributed by atoms with van der Waals surface area (Å²) in [6.45, 7) is 16.2. The Bertz CT molecular complexity index is 1410. The van der Waals surface area contributed by atoms with Crippen LogP contribution in [0.4, 0.5) is 5.69 Å². The molecule has 252 valence electrons. The van der Waals surface area contributed by atoms with Crippen molar-refractivity contribution in [3.63, 3.8) is 0 Å². The number of carbonyl (C=O) groups is 1. The number of ether oxygens (including phenoxy) is 2. The van der Waals surface area contributed by atoms with E-state index in [1.165, 1.54) is 16.7 Å². The van der Waals surface area contributed by atoms with Gasteiger partial charge in [-0.1, -0.05) is 62.6 Å². The number of amides is 1. The molecule has 2 aromatic rings. The van der Waals surface area contributed by atoms with Gasteiger partial charge in [-0.2, -0.15) is 0 Å². The number of hydrogen-bond acceptors (Lipinski definition) is 5. The lowest BCUT2D eigenvalue weighted by molar-refractivity contribution is 0.0134. The summed E-state index contributed by atoms with van der Waals surface area (Å²) in [5, 5.41) is 0.569. The Morgan fingerprint density at radius 1 is 1.15 bits per heavy atom. The minimum Gasteiger partial charge on any atom is -0.491 e. The smallest absolute Gasteiger partial charge is 0.263 e. The summed E-state index contributed by atoms with van der Waals surface area (Å²) in [6, 6.07) is 11.8. The molecule has 0 spiro atoms. The monoisotopic (exact) mass is 668 g/mol. The Labute approximate surface area is 284 Å². The van der Waals surface area contributed by atoms with Crippen molar-refractivity contribution in [2.24, 2.45) is 17.8 Å². The molecule has 2 heterocycles. The lowest BCUT2D eigenvalue weighted by atomic mass is 9.70. The molecule has 6 nitrogen and oxygen atoms in total. The molecule has 1 aliphatic carbocycles. The van der Waals surface area contributed by atoms with Crippen molar-refractivity contribution in [2.75, 3.05) is 31.7 Å². The quantitative estimate of drug-likeness (QED) is 0.323. The number of anilines is 1. The Morgan fingerprint density at radius 2 is 1.91 bits per heavy atom. The van der Waals surface area contributed by atoms with Crippen molar-refractivity contribution in [2.45, 2.75) is 90.4 Å². The zero-order valence-electron chi connectivity index (χ0n) is 28.5. The maximum absolute atomic E-state index is 13.3. The lowest BCUT2D eigenvalue weighted by Crippen LogP contribution is -2.44. The van der Waals surface area contributed by atoms with Gasteiger partial charge in [-0.25, -0.2) is 4.21 Å². The normalized spacial score (nSPS) is 28.6. The van der Waals surface area contributed by atoms with Gasteiger partial charge in [0, 0.05) is 36.7 Å². The molecule has 1 saturated carbocycles. The maximum Gasteiger partial charge on any atom is 0.263 e. The second-order valence-corrected chi connectivity index (χ2v) is 15.3. The third-order valence-electron chi connectivity index (χ3n) is 9.90. The van der Waals surface area contributed by atoms with Crippen LogP contribution in [0.1, 0.15) is 94.1 Å². The van der Waals surface area contributed by atoms with Gasteiger partial charge in [-0.15, -0.1) is 6.58 Å². The molecule has 7 unspecified atom stereocenters. The number of benzene rings is 2. The molecule has 1 amide bonds. The third kappa shape index (κ3) is 9.05. The molecule has 2 aromatic carbocycles. The second kappa shape index (κ2) is 17.0. The first-order chi connectivity index (χ1) is 22.1. The second-order valence-electron chi connectivity index (χ2n) is 13.3. The van der Waals surface area contributed by atoms with E-state index >= 15 is 0 Å². The van der Waals surface area contributed by atoms with E-state index in [1.807, 2.05) is 32.0 Å². The molecule has 0 aromatic heterocycles. The summed E-state index contributed by atoms with van der Waals surface area (Å²) in [5.41, 5.74) is 5.21. The minimum absolute atomic E-state index is 0.0478. The van der Waals surface area contributed by atoms with Crippen LogP contribution in [0.25, 0.3) is 0 Å². The van der Waals surface area contributed by atoms with Gasteiger partial charge in [0.05, 0.1) is 23.6 Å². The van der Waals surface area contributed by atoms with Gasteiger partial charge >= 0.3 is 0 Å². The summed E-state index contributed by atoms with van der Waals surface area (Å²) in [7, 11) is 0.296. The minimum atomic E-state index is -1.50. The van der Waals surface area contributed by atoms with Crippen LogP contribution < -0.4 is 14.4 Å². The number of methoxy groups -OCH3 is 1. The fourth-order valence-corrected chi connectivity index (χ4v) is 7.68. The molecule has 46 heavy (non-hydrogen) atoms. The van der Waals surface area contributed by atoms with E-state index in [1.54, 1.807) is 13.2 Å². The largest absolute Gasteiger partial charge is 0.491 e. The highest BCUT2D eigenvalue weighted by Gasteiger charge is 2.39. The van der Waals surface area contributed by atoms with Gasteiger partial charge < -0.3 is 14.4 Å². The van der Waals surface area contributed by atoms with Gasteiger partial charge in [0.15, 0.2) is 0 Å². The molecular formula is C38H53ClN2O4S. The molecule has 5 rings (SSSR count). The van der Waals surface area contributed by atoms with Crippen LogP contribution in [0.2, 0.25) is 5.02 Å². The van der Waals surface area contributed by atoms with Crippen LogP contribution >= 0.6 is 11.6 Å². The summed E-state index contributed by atoms with van der Waals surface area (Å²) >= 11 is 6.40. The summed E-state index contributed by atoms with van der Waals surface area (Å²) in [6.07, 6.45) is 10.6. The van der Waals surface area contributed by atoms with Crippen LogP contribution in [0.3, 0.4) is 0 Å². The van der Waals surface area contributed by atoms with Crippen LogP contribution in [0.15, 0.2) is 60.7 Å². The number of halogens is 1. The van der Waals surface area contributed by atoms with Gasteiger partial charge in [0.1, 0.15) is 16.7 Å². The Hall–Kier alpha value is -2.61. The van der Waals surface area contributed by atoms with Crippen LogP contribution in [-0.4, -0.2) is 48.3 Å². The first-order valence-corrected chi connectivity index (χ1v) is 18.5. The average molecular weight is 669 g/mol. The van der Waals surface area contributed by atoms with Crippen LogP contribution in [-0.2, 0) is 22.1 Å². The predicted octanol–water partition coefficient (Wildman–Crippen LogP) is 8.67. The fourth-order valence-electron chi connectivity index (χ4n) is 6.46. The standard InChI is InChI=1S/C33H43ClN2O4S.C5H10/c1-5-7-23-16-27(34)12-14-28(23)26-19-36-18-25-10-13-29(25)31(39-4)9-6-8-21(2)22(3)41(38)35-33(37)24-11-15-32(40-20-26)30(36)17-24;1-4-5(2)3/h6,9,11-12,14-17,21-22,25-26,29,31H,5,7-8,10,13,18-20H2,1-4H3,(H,35,37);2,4H2,1,3H3/b9-6+;. The van der Waals surface area contributed by atoms with Crippen molar-refractivity contribution in [1.29, 1.82) is 0 Å². The zero-order chi connectivity index (χ0) is 33.4. The van der Waals surface area contributed by atoms with Crippen molar-refractivity contribution in [3.05, 3.63) is 82.4 Å². The number of allylic oxidation sites excluding steroid dienone is 2. The molecule has 3 aliphatic rings. The highest BCUT2D eigenvalue weighted by molar-refractivity contribution is 7.84. The topological polar surface area (TPSA) is 67.9 Å². The van der Waals surface area contributed by atoms with E-state index in [9.17, 15) is 9.00 Å². The van der Waals surface area contributed by atoms with E-state index in [0.717, 1.165) is 68.1 Å². The highest BCUT2D eigenvalue weighted by Crippen LogP contribution is 2.43. The predicted molar refractivity (Wildman–Crippen MR) is 192 cm³/mol. The molecule has 1 fully saturated rings. The number of fused-ring (bicyclic) bond motifs is 2. The number of hydrogen-bond donors (Lipinski definition) is 1. The van der Waals surface area contributed by atoms with Crippen molar-refractivity contribution in [1.82, 2.24) is 4.72 Å². The molecule has 1 N–H and O–H groups in total. The van der Waals surface area contributed by atoms with E-state index < -0.39 is 11.0 Å². The summed E-state index contributed by atoms with van der Waals surface area (Å²) in [5.74, 6) is 1.64. The number of nitrogens with one attached hydrogen (secondary N) is 1. The van der Waals surface area contributed by atoms with Crippen LogP contribution in [0, 0.1) is 17.8 Å². The lowest BCUT2D eigenvalue weighted by Gasteiger charge is -2.43. The Balaban J connectivity index is 0.000000892. The fraction of sp³-hybridized carbons (Fsp3) is 0.553. The molecule has 8 heteroatoms. The van der Waals surface area contributed by atoms with E-state index in [2.05, 4.69) is 61.3 Å². The summed E-state index contributed by atoms with van der Waals surface area (Å²) in [4.78, 5) is 15.7. The number of nitrogens with zero attached hydrogens (tertiary/aromatic N) is 1. The van der Waals surface area contributed by atoms with Crippen molar-refractivity contribution >= 4 is 34.2 Å².